The summed E-state index contributed by atoms with van der Waals surface area (Å²) in [6.07, 6.45) is 10.6. The van der Waals surface area contributed by atoms with Crippen molar-refractivity contribution in [3.63, 3.8) is 0 Å². The van der Waals surface area contributed by atoms with Gasteiger partial charge in [0.25, 0.3) is 0 Å². The molecule has 0 aromatic heterocycles. The van der Waals surface area contributed by atoms with Crippen molar-refractivity contribution in [2.75, 3.05) is 4.90 Å². The summed E-state index contributed by atoms with van der Waals surface area (Å²) < 4.78 is 0. The maximum atomic E-state index is 2.79. The Kier molecular flexibility index (Phi) is 6.69. The second-order valence-corrected chi connectivity index (χ2v) is 22.7. The monoisotopic (exact) mass is 747 g/mol. The molecule has 6 unspecified atom stereocenters. The van der Waals surface area contributed by atoms with E-state index in [0.29, 0.717) is 5.41 Å². The lowest BCUT2D eigenvalue weighted by Gasteiger charge is -2.76. The molecule has 1 heteroatoms. The Balaban J connectivity index is 1.15. The molecule has 0 N–H and O–H groups in total. The number of nitrogens with zero attached hydrogens (tertiary/aromatic N) is 1. The van der Waals surface area contributed by atoms with Gasteiger partial charge in [-0.05, 0) is 182 Å². The Bertz CT molecular complexity index is 2450. The van der Waals surface area contributed by atoms with Gasteiger partial charge in [0.1, 0.15) is 0 Å². The SMILES string of the molecule is CC1(C)CCC(C)(C)c2c(N(c3ccc4c(c3)C3(c5cccc(-c6ccccc6)c5-4)C4CC5CC6CC3C64C5)c3cccc4c3C(C)(C)CCC4(C)C)cccc21. The maximum Gasteiger partial charge on any atom is 0.0502 e. The van der Waals surface area contributed by atoms with E-state index in [1.54, 1.807) is 22.3 Å². The number of hydrogen-bond donors (Lipinski definition) is 0. The van der Waals surface area contributed by atoms with Gasteiger partial charge in [-0.3, -0.25) is 0 Å². The normalized spacial score (nSPS) is 31.6. The summed E-state index contributed by atoms with van der Waals surface area (Å²) in [5.74, 6) is 3.41. The zero-order valence-corrected chi connectivity index (χ0v) is 35.7. The molecule has 0 heterocycles. The molecule has 4 saturated carbocycles. The number of hydrogen-bond acceptors (Lipinski definition) is 1. The lowest BCUT2D eigenvalue weighted by atomic mass is 9.27. The molecule has 7 aliphatic rings. The molecule has 4 fully saturated rings. The molecule has 6 atom stereocenters. The lowest BCUT2D eigenvalue weighted by molar-refractivity contribution is -0.231. The second-order valence-electron chi connectivity index (χ2n) is 22.7. The lowest BCUT2D eigenvalue weighted by Crippen LogP contribution is -2.73. The molecular weight excluding hydrogens is 687 g/mol. The van der Waals surface area contributed by atoms with Gasteiger partial charge < -0.3 is 4.90 Å². The first-order valence-corrected chi connectivity index (χ1v) is 22.6. The summed E-state index contributed by atoms with van der Waals surface area (Å²) in [6.45, 7) is 20.0. The Hall–Kier alpha value is -4.10. The third kappa shape index (κ3) is 4.18. The van der Waals surface area contributed by atoms with Crippen LogP contribution in [0.1, 0.15) is 140 Å². The maximum absolute atomic E-state index is 2.79. The highest BCUT2D eigenvalue weighted by atomic mass is 15.2. The van der Waals surface area contributed by atoms with Gasteiger partial charge in [0, 0.05) is 11.1 Å². The highest BCUT2D eigenvalue weighted by Crippen LogP contribution is 2.90. The fourth-order valence-electron chi connectivity index (χ4n) is 15.6. The van der Waals surface area contributed by atoms with Gasteiger partial charge in [-0.25, -0.2) is 0 Å². The van der Waals surface area contributed by atoms with E-state index >= 15 is 0 Å². The molecule has 57 heavy (non-hydrogen) atoms. The number of anilines is 3. The number of rotatable bonds is 4. The molecular formula is C56H61N. The molecule has 5 aromatic carbocycles. The topological polar surface area (TPSA) is 3.24 Å². The highest BCUT2D eigenvalue weighted by Gasteiger charge is 2.84. The van der Waals surface area contributed by atoms with E-state index in [1.165, 1.54) is 102 Å². The van der Waals surface area contributed by atoms with Crippen LogP contribution in [0.15, 0.2) is 103 Å². The number of fused-ring (bicyclic) bond motifs is 10. The molecule has 0 radical (unpaired) electrons. The van der Waals surface area contributed by atoms with Crippen LogP contribution in [0.4, 0.5) is 17.1 Å². The summed E-state index contributed by atoms with van der Waals surface area (Å²) in [6, 6.07) is 41.2. The van der Waals surface area contributed by atoms with Gasteiger partial charge >= 0.3 is 0 Å². The van der Waals surface area contributed by atoms with E-state index in [9.17, 15) is 0 Å². The van der Waals surface area contributed by atoms with Crippen LogP contribution < -0.4 is 4.90 Å². The summed E-state index contributed by atoms with van der Waals surface area (Å²) >= 11 is 0. The van der Waals surface area contributed by atoms with Gasteiger partial charge in [-0.15, -0.1) is 0 Å². The van der Waals surface area contributed by atoms with E-state index < -0.39 is 0 Å². The minimum Gasteiger partial charge on any atom is -0.310 e. The fourth-order valence-corrected chi connectivity index (χ4v) is 15.6. The quantitative estimate of drug-likeness (QED) is 0.177. The summed E-state index contributed by atoms with van der Waals surface area (Å²) in [5.41, 5.74) is 20.5. The van der Waals surface area contributed by atoms with Crippen molar-refractivity contribution in [3.8, 4) is 22.3 Å². The van der Waals surface area contributed by atoms with E-state index in [-0.39, 0.29) is 27.1 Å². The molecule has 2 bridgehead atoms. The summed E-state index contributed by atoms with van der Waals surface area (Å²) in [4.78, 5) is 2.79. The van der Waals surface area contributed by atoms with Crippen LogP contribution in [-0.4, -0.2) is 0 Å². The van der Waals surface area contributed by atoms with E-state index in [1.807, 2.05) is 0 Å². The Morgan fingerprint density at radius 3 is 1.70 bits per heavy atom. The molecule has 2 spiro atoms. The molecule has 12 rings (SSSR count). The first kappa shape index (κ1) is 34.9. The largest absolute Gasteiger partial charge is 0.310 e. The zero-order valence-electron chi connectivity index (χ0n) is 35.7. The Labute approximate surface area is 342 Å². The van der Waals surface area contributed by atoms with Crippen molar-refractivity contribution in [1.82, 2.24) is 0 Å². The first-order valence-electron chi connectivity index (χ1n) is 22.6. The molecule has 0 aliphatic heterocycles. The van der Waals surface area contributed by atoms with Gasteiger partial charge in [-0.1, -0.05) is 134 Å². The van der Waals surface area contributed by atoms with Gasteiger partial charge in [0.05, 0.1) is 11.4 Å². The first-order chi connectivity index (χ1) is 27.2. The van der Waals surface area contributed by atoms with Crippen molar-refractivity contribution < 1.29 is 0 Å². The van der Waals surface area contributed by atoms with Crippen LogP contribution >= 0.6 is 0 Å². The predicted molar refractivity (Wildman–Crippen MR) is 238 cm³/mol. The van der Waals surface area contributed by atoms with E-state index in [0.717, 1.165) is 23.7 Å². The number of benzene rings is 5. The minimum absolute atomic E-state index is 0.0620. The van der Waals surface area contributed by atoms with Gasteiger partial charge in [-0.2, -0.15) is 0 Å². The summed E-state index contributed by atoms with van der Waals surface area (Å²) in [5, 5.41) is 0. The van der Waals surface area contributed by atoms with Gasteiger partial charge in [0.2, 0.25) is 0 Å². The Morgan fingerprint density at radius 1 is 0.491 bits per heavy atom. The van der Waals surface area contributed by atoms with Crippen molar-refractivity contribution in [3.05, 3.63) is 137 Å². The summed E-state index contributed by atoms with van der Waals surface area (Å²) in [7, 11) is 0. The Morgan fingerprint density at radius 2 is 1.07 bits per heavy atom. The third-order valence-electron chi connectivity index (χ3n) is 18.2. The van der Waals surface area contributed by atoms with Crippen LogP contribution in [0.25, 0.3) is 22.3 Å². The standard InChI is InChI=1S/C56H61N/c1-51(2)25-27-53(5,6)49-41(51)19-13-21-44(49)57(45-22-14-20-42-50(45)54(7,8)28-26-52(42,3)4)37-23-24-39-43(32-37)56(46-30-34-29-36-31-47(56)55(36,46)33-34)40-18-12-17-38(48(39)40)35-15-10-9-11-16-35/h9-24,32,34,36,46-47H,25-31,33H2,1-8H3. The predicted octanol–water partition coefficient (Wildman–Crippen LogP) is 14.9. The zero-order chi connectivity index (χ0) is 39.1. The van der Waals surface area contributed by atoms with Crippen LogP contribution in [0.3, 0.4) is 0 Å². The van der Waals surface area contributed by atoms with Crippen molar-refractivity contribution in [2.45, 2.75) is 134 Å². The molecule has 290 valence electrons. The molecule has 0 amide bonds. The fraction of sp³-hybridized carbons (Fsp3) is 0.464. The average Bonchev–Trinajstić information content (AvgIpc) is 3.83. The molecule has 1 nitrogen and oxygen atoms in total. The van der Waals surface area contributed by atoms with E-state index in [4.69, 9.17) is 0 Å². The molecule has 7 aliphatic carbocycles. The molecule has 5 aromatic rings. The van der Waals surface area contributed by atoms with E-state index in [2.05, 4.69) is 163 Å². The minimum atomic E-state index is 0.0620. The van der Waals surface area contributed by atoms with Crippen molar-refractivity contribution in [1.29, 1.82) is 0 Å². The van der Waals surface area contributed by atoms with Crippen LogP contribution in [0, 0.1) is 29.1 Å². The van der Waals surface area contributed by atoms with Crippen molar-refractivity contribution in [2.24, 2.45) is 29.1 Å². The van der Waals surface area contributed by atoms with Gasteiger partial charge in [0.15, 0.2) is 0 Å². The average molecular weight is 748 g/mol. The van der Waals surface area contributed by atoms with Crippen LogP contribution in [0.2, 0.25) is 0 Å². The second kappa shape index (κ2) is 10.9. The molecule has 0 saturated heterocycles. The van der Waals surface area contributed by atoms with Crippen LogP contribution in [-0.2, 0) is 27.1 Å². The van der Waals surface area contributed by atoms with Crippen LogP contribution in [0.5, 0.6) is 0 Å². The highest BCUT2D eigenvalue weighted by molar-refractivity contribution is 5.96. The third-order valence-corrected chi connectivity index (χ3v) is 18.2. The van der Waals surface area contributed by atoms with Crippen molar-refractivity contribution >= 4 is 17.1 Å². The smallest absolute Gasteiger partial charge is 0.0502 e.